The van der Waals surface area contributed by atoms with E-state index >= 15 is 0 Å². The predicted molar refractivity (Wildman–Crippen MR) is 107 cm³/mol. The van der Waals surface area contributed by atoms with Crippen molar-refractivity contribution in [1.29, 1.82) is 0 Å². The normalized spacial score (nSPS) is 11.3. The maximum absolute atomic E-state index is 12.3. The van der Waals surface area contributed by atoms with Crippen LogP contribution < -0.4 is 16.4 Å². The molecule has 3 amide bonds. The summed E-state index contributed by atoms with van der Waals surface area (Å²) in [5.41, 5.74) is 2.29. The number of halogens is 3. The molecule has 0 aliphatic rings. The molecule has 0 aliphatic heterocycles. The molecule has 10 heteroatoms. The van der Waals surface area contributed by atoms with Gasteiger partial charge in [0.25, 0.3) is 5.91 Å². The van der Waals surface area contributed by atoms with Gasteiger partial charge >= 0.3 is 5.51 Å². The molecule has 2 rings (SSSR count). The van der Waals surface area contributed by atoms with Crippen molar-refractivity contribution in [2.45, 2.75) is 16.9 Å². The van der Waals surface area contributed by atoms with Gasteiger partial charge in [0, 0.05) is 23.1 Å². The summed E-state index contributed by atoms with van der Waals surface area (Å²) < 4.78 is 36.9. The lowest BCUT2D eigenvalue weighted by Crippen LogP contribution is -2.33. The fraction of sp³-hybridized carbons (Fsp3) is 0.150. The van der Waals surface area contributed by atoms with Gasteiger partial charge in [-0.05, 0) is 53.2 Å². The van der Waals surface area contributed by atoms with E-state index in [1.165, 1.54) is 36.4 Å². The molecule has 0 aliphatic carbocycles. The molecule has 158 valence electrons. The van der Waals surface area contributed by atoms with Crippen LogP contribution in [0.25, 0.3) is 6.08 Å². The van der Waals surface area contributed by atoms with Crippen LogP contribution in [0.5, 0.6) is 0 Å². The summed E-state index contributed by atoms with van der Waals surface area (Å²) in [5.74, 6) is -1.47. The first-order valence-electron chi connectivity index (χ1n) is 8.59. The van der Waals surface area contributed by atoms with E-state index in [0.29, 0.717) is 11.1 Å². The number of primary amides is 1. The van der Waals surface area contributed by atoms with E-state index in [2.05, 4.69) is 10.6 Å². The van der Waals surface area contributed by atoms with Crippen molar-refractivity contribution in [3.63, 3.8) is 0 Å². The highest BCUT2D eigenvalue weighted by Crippen LogP contribution is 2.36. The molecule has 0 atom stereocenters. The third-order valence-electron chi connectivity index (χ3n) is 3.65. The first-order chi connectivity index (χ1) is 14.1. The van der Waals surface area contributed by atoms with Gasteiger partial charge in [-0.3, -0.25) is 14.4 Å². The summed E-state index contributed by atoms with van der Waals surface area (Å²) in [6.07, 6.45) is 2.76. The summed E-state index contributed by atoms with van der Waals surface area (Å²) >= 11 is -0.203. The Balaban J connectivity index is 1.82. The van der Waals surface area contributed by atoms with Gasteiger partial charge in [-0.2, -0.15) is 13.2 Å². The van der Waals surface area contributed by atoms with Gasteiger partial charge in [0.1, 0.15) is 0 Å². The number of alkyl halides is 3. The Bertz CT molecular complexity index is 927. The molecule has 2 aromatic rings. The third-order valence-corrected chi connectivity index (χ3v) is 4.39. The van der Waals surface area contributed by atoms with E-state index < -0.39 is 17.3 Å². The Morgan fingerprint density at radius 3 is 2.17 bits per heavy atom. The second-order valence-corrected chi connectivity index (χ2v) is 7.15. The van der Waals surface area contributed by atoms with Gasteiger partial charge in [0.05, 0.1) is 6.54 Å². The standard InChI is InChI=1S/C20H18F3N3O3S/c21-20(22,23)30-16-8-3-13(4-9-16)5-10-18(28)25-11-14-1-6-15(7-2-14)19(29)26-12-17(24)27/h1-10H,11-12H2,(H2,24,27)(H,25,28)(H,26,29). The molecular formula is C20H18F3N3O3S. The number of hydrogen-bond acceptors (Lipinski definition) is 4. The Labute approximate surface area is 174 Å². The maximum Gasteiger partial charge on any atom is 0.446 e. The summed E-state index contributed by atoms with van der Waals surface area (Å²) in [6.45, 7) is -0.0413. The highest BCUT2D eigenvalue weighted by molar-refractivity contribution is 8.00. The lowest BCUT2D eigenvalue weighted by atomic mass is 10.1. The number of carbonyl (C=O) groups excluding carboxylic acids is 3. The second-order valence-electron chi connectivity index (χ2n) is 6.01. The lowest BCUT2D eigenvalue weighted by Gasteiger charge is -2.06. The van der Waals surface area contributed by atoms with E-state index in [0.717, 1.165) is 5.56 Å². The van der Waals surface area contributed by atoms with Gasteiger partial charge in [0.2, 0.25) is 11.8 Å². The number of thioether (sulfide) groups is 1. The summed E-state index contributed by atoms with van der Waals surface area (Å²) in [6, 6.07) is 12.0. The summed E-state index contributed by atoms with van der Waals surface area (Å²) in [5, 5.41) is 5.03. The van der Waals surface area contributed by atoms with Crippen LogP contribution in [-0.2, 0) is 16.1 Å². The largest absolute Gasteiger partial charge is 0.446 e. The van der Waals surface area contributed by atoms with Crippen LogP contribution in [-0.4, -0.2) is 29.8 Å². The SMILES string of the molecule is NC(=O)CNC(=O)c1ccc(CNC(=O)C=Cc2ccc(SC(F)(F)F)cc2)cc1. The number of nitrogens with two attached hydrogens (primary N) is 1. The minimum absolute atomic E-state index is 0.0656. The van der Waals surface area contributed by atoms with Crippen molar-refractivity contribution >= 4 is 35.6 Å². The molecule has 0 bridgehead atoms. The number of nitrogens with one attached hydrogen (secondary N) is 2. The Kier molecular flexibility index (Phi) is 8.05. The van der Waals surface area contributed by atoms with E-state index in [1.807, 2.05) is 0 Å². The fourth-order valence-electron chi connectivity index (χ4n) is 2.24. The topological polar surface area (TPSA) is 101 Å². The zero-order valence-corrected chi connectivity index (χ0v) is 16.3. The number of carbonyl (C=O) groups is 3. The molecule has 0 fully saturated rings. The average molecular weight is 437 g/mol. The zero-order valence-electron chi connectivity index (χ0n) is 15.5. The first-order valence-corrected chi connectivity index (χ1v) is 9.41. The molecule has 30 heavy (non-hydrogen) atoms. The third kappa shape index (κ3) is 8.39. The molecule has 2 aromatic carbocycles. The highest BCUT2D eigenvalue weighted by Gasteiger charge is 2.28. The van der Waals surface area contributed by atoms with Crippen molar-refractivity contribution in [1.82, 2.24) is 10.6 Å². The zero-order chi connectivity index (χ0) is 22.1. The molecule has 0 saturated carbocycles. The highest BCUT2D eigenvalue weighted by atomic mass is 32.2. The summed E-state index contributed by atoms with van der Waals surface area (Å²) in [4.78, 5) is 34.4. The van der Waals surface area contributed by atoms with Crippen LogP contribution >= 0.6 is 11.8 Å². The number of benzene rings is 2. The van der Waals surface area contributed by atoms with Crippen molar-refractivity contribution in [2.24, 2.45) is 5.73 Å². The molecular weight excluding hydrogens is 419 g/mol. The van der Waals surface area contributed by atoms with Crippen LogP contribution in [0.3, 0.4) is 0 Å². The van der Waals surface area contributed by atoms with Crippen LogP contribution in [0.1, 0.15) is 21.5 Å². The number of amides is 3. The van der Waals surface area contributed by atoms with Gasteiger partial charge in [-0.1, -0.05) is 24.3 Å². The molecule has 0 aromatic heterocycles. The number of rotatable bonds is 8. The van der Waals surface area contributed by atoms with Gasteiger partial charge in [-0.25, -0.2) is 0 Å². The van der Waals surface area contributed by atoms with Gasteiger partial charge in [-0.15, -0.1) is 0 Å². The Hall–Kier alpha value is -3.27. The number of hydrogen-bond donors (Lipinski definition) is 3. The maximum atomic E-state index is 12.3. The Morgan fingerprint density at radius 2 is 1.60 bits per heavy atom. The minimum Gasteiger partial charge on any atom is -0.368 e. The van der Waals surface area contributed by atoms with Crippen LogP contribution in [0.4, 0.5) is 13.2 Å². The van der Waals surface area contributed by atoms with Crippen molar-refractivity contribution < 1.29 is 27.6 Å². The molecule has 6 nitrogen and oxygen atoms in total. The van der Waals surface area contributed by atoms with E-state index in [1.54, 1.807) is 24.3 Å². The molecule has 0 saturated heterocycles. The predicted octanol–water partition coefficient (Wildman–Crippen LogP) is 2.84. The van der Waals surface area contributed by atoms with Crippen molar-refractivity contribution in [3.8, 4) is 0 Å². The molecule has 0 heterocycles. The smallest absolute Gasteiger partial charge is 0.368 e. The van der Waals surface area contributed by atoms with E-state index in [9.17, 15) is 27.6 Å². The molecule has 0 unspecified atom stereocenters. The van der Waals surface area contributed by atoms with Gasteiger partial charge in [0.15, 0.2) is 0 Å². The summed E-state index contributed by atoms with van der Waals surface area (Å²) in [7, 11) is 0. The fourth-order valence-corrected chi connectivity index (χ4v) is 2.78. The van der Waals surface area contributed by atoms with Crippen LogP contribution in [0, 0.1) is 0 Å². The average Bonchev–Trinajstić information content (AvgIpc) is 2.69. The van der Waals surface area contributed by atoms with Crippen LogP contribution in [0.2, 0.25) is 0 Å². The lowest BCUT2D eigenvalue weighted by molar-refractivity contribution is -0.117. The quantitative estimate of drug-likeness (QED) is 0.437. The minimum atomic E-state index is -4.34. The van der Waals surface area contributed by atoms with Crippen molar-refractivity contribution in [3.05, 3.63) is 71.3 Å². The van der Waals surface area contributed by atoms with Gasteiger partial charge < -0.3 is 16.4 Å². The van der Waals surface area contributed by atoms with E-state index in [4.69, 9.17) is 5.73 Å². The van der Waals surface area contributed by atoms with Crippen molar-refractivity contribution in [2.75, 3.05) is 6.54 Å². The molecule has 0 spiro atoms. The second kappa shape index (κ2) is 10.5. The first kappa shape index (κ1) is 23.0. The van der Waals surface area contributed by atoms with Crippen LogP contribution in [0.15, 0.2) is 59.5 Å². The van der Waals surface area contributed by atoms with E-state index in [-0.39, 0.29) is 35.7 Å². The molecule has 0 radical (unpaired) electrons. The monoisotopic (exact) mass is 437 g/mol. The molecule has 4 N–H and O–H groups in total. The Morgan fingerprint density at radius 1 is 0.967 bits per heavy atom.